The Morgan fingerprint density at radius 3 is 2.50 bits per heavy atom. The summed E-state index contributed by atoms with van der Waals surface area (Å²) in [6, 6.07) is 5.34. The van der Waals surface area contributed by atoms with Crippen molar-refractivity contribution in [3.05, 3.63) is 29.3 Å². The molecule has 1 aliphatic carbocycles. The van der Waals surface area contributed by atoms with Gasteiger partial charge in [0.15, 0.2) is 9.84 Å². The van der Waals surface area contributed by atoms with Crippen LogP contribution in [0.5, 0.6) is 0 Å². The molecule has 1 aromatic carbocycles. The molecule has 4 rings (SSSR count). The number of benzene rings is 1. The van der Waals surface area contributed by atoms with E-state index < -0.39 is 19.9 Å². The summed E-state index contributed by atoms with van der Waals surface area (Å²) in [6.45, 7) is 4.14. The van der Waals surface area contributed by atoms with E-state index in [1.165, 1.54) is 9.87 Å². The van der Waals surface area contributed by atoms with E-state index in [1.54, 1.807) is 11.0 Å². The summed E-state index contributed by atoms with van der Waals surface area (Å²) in [5, 5.41) is 0. The smallest absolute Gasteiger partial charge is 0.243 e. The molecule has 178 valence electrons. The van der Waals surface area contributed by atoms with Gasteiger partial charge in [-0.2, -0.15) is 4.31 Å². The Morgan fingerprint density at radius 1 is 1.12 bits per heavy atom. The van der Waals surface area contributed by atoms with Gasteiger partial charge in [0.1, 0.15) is 0 Å². The molecule has 32 heavy (non-hydrogen) atoms. The molecule has 1 aromatic rings. The van der Waals surface area contributed by atoms with Crippen molar-refractivity contribution < 1.29 is 21.6 Å². The molecule has 1 atom stereocenters. The molecule has 0 spiro atoms. The van der Waals surface area contributed by atoms with Crippen LogP contribution in [0.2, 0.25) is 0 Å². The lowest BCUT2D eigenvalue weighted by Crippen LogP contribution is -2.53. The Hall–Kier alpha value is -1.49. The zero-order valence-electron chi connectivity index (χ0n) is 18.7. The van der Waals surface area contributed by atoms with E-state index in [9.17, 15) is 21.6 Å². The highest BCUT2D eigenvalue weighted by atomic mass is 32.2. The maximum absolute atomic E-state index is 13.1. The number of hydrogen-bond acceptors (Lipinski definition) is 6. The van der Waals surface area contributed by atoms with Crippen LogP contribution >= 0.6 is 0 Å². The van der Waals surface area contributed by atoms with Gasteiger partial charge in [-0.05, 0) is 61.9 Å². The predicted octanol–water partition coefficient (Wildman–Crippen LogP) is 0.907. The Labute approximate surface area is 191 Å². The van der Waals surface area contributed by atoms with Gasteiger partial charge in [0, 0.05) is 32.2 Å². The summed E-state index contributed by atoms with van der Waals surface area (Å²) in [7, 11) is -6.59. The topological polar surface area (TPSA) is 95.1 Å². The molecule has 0 bridgehead atoms. The molecule has 2 aliphatic heterocycles. The second-order valence-electron chi connectivity index (χ2n) is 9.10. The number of amides is 1. The number of carbonyl (C=O) groups excluding carboxylic acids is 1. The predicted molar refractivity (Wildman–Crippen MR) is 123 cm³/mol. The van der Waals surface area contributed by atoms with Crippen LogP contribution in [0.3, 0.4) is 0 Å². The van der Waals surface area contributed by atoms with Gasteiger partial charge in [-0.15, -0.1) is 0 Å². The van der Waals surface area contributed by atoms with Crippen molar-refractivity contribution in [2.24, 2.45) is 0 Å². The molecule has 8 nitrogen and oxygen atoms in total. The first-order valence-electron chi connectivity index (χ1n) is 11.5. The average Bonchev–Trinajstić information content (AvgIpc) is 3.38. The van der Waals surface area contributed by atoms with Crippen LogP contribution < -0.4 is 0 Å². The number of hydrogen-bond donors (Lipinski definition) is 0. The van der Waals surface area contributed by atoms with Crippen LogP contribution in [0.15, 0.2) is 23.1 Å². The maximum Gasteiger partial charge on any atom is 0.243 e. The number of aryl methyl sites for hydroxylation is 2. The third kappa shape index (κ3) is 5.03. The molecule has 2 fully saturated rings. The molecule has 2 saturated heterocycles. The van der Waals surface area contributed by atoms with Crippen molar-refractivity contribution in [1.82, 2.24) is 14.1 Å². The van der Waals surface area contributed by atoms with E-state index in [0.29, 0.717) is 31.0 Å². The molecule has 2 heterocycles. The molecular weight excluding hydrogens is 450 g/mol. The van der Waals surface area contributed by atoms with Crippen LogP contribution in [0, 0.1) is 0 Å². The minimum atomic E-state index is -3.57. The minimum absolute atomic E-state index is 0.0580. The quantitative estimate of drug-likeness (QED) is 0.572. The molecule has 10 heteroatoms. The van der Waals surface area contributed by atoms with E-state index in [2.05, 4.69) is 0 Å². The van der Waals surface area contributed by atoms with E-state index in [-0.39, 0.29) is 43.1 Å². The molecule has 3 aliphatic rings. The number of nitrogens with zero attached hydrogens (tertiary/aromatic N) is 3. The van der Waals surface area contributed by atoms with Gasteiger partial charge in [-0.1, -0.05) is 13.0 Å². The Bertz CT molecular complexity index is 1060. The van der Waals surface area contributed by atoms with E-state index in [1.807, 2.05) is 24.0 Å². The zero-order valence-corrected chi connectivity index (χ0v) is 20.3. The Morgan fingerprint density at radius 2 is 1.84 bits per heavy atom. The molecular formula is C22H33N3O5S2. The summed E-state index contributed by atoms with van der Waals surface area (Å²) >= 11 is 0. The lowest BCUT2D eigenvalue weighted by Gasteiger charge is -2.36. The van der Waals surface area contributed by atoms with Crippen LogP contribution in [0.1, 0.15) is 37.3 Å². The third-order valence-electron chi connectivity index (χ3n) is 6.87. The second-order valence-corrected chi connectivity index (χ2v) is 13.3. The third-order valence-corrected chi connectivity index (χ3v) is 10.5. The van der Waals surface area contributed by atoms with Crippen LogP contribution in [-0.4, -0.2) is 93.7 Å². The van der Waals surface area contributed by atoms with E-state index in [4.69, 9.17) is 0 Å². The summed E-state index contributed by atoms with van der Waals surface area (Å²) in [5.41, 5.74) is 2.37. The van der Waals surface area contributed by atoms with Gasteiger partial charge in [-0.25, -0.2) is 16.8 Å². The first kappa shape index (κ1) is 23.7. The summed E-state index contributed by atoms with van der Waals surface area (Å²) < 4.78 is 51.4. The van der Waals surface area contributed by atoms with Crippen molar-refractivity contribution in [3.63, 3.8) is 0 Å². The van der Waals surface area contributed by atoms with E-state index in [0.717, 1.165) is 31.2 Å². The number of sulfone groups is 1. The average molecular weight is 484 g/mol. The van der Waals surface area contributed by atoms with Crippen molar-refractivity contribution in [3.8, 4) is 0 Å². The zero-order chi connectivity index (χ0) is 22.9. The van der Waals surface area contributed by atoms with Crippen molar-refractivity contribution in [2.45, 2.75) is 50.0 Å². The van der Waals surface area contributed by atoms with Crippen LogP contribution in [0.25, 0.3) is 0 Å². The number of fused-ring (bicyclic) bond motifs is 1. The number of carbonyl (C=O) groups is 1. The highest BCUT2D eigenvalue weighted by Gasteiger charge is 2.35. The number of sulfonamides is 1. The lowest BCUT2D eigenvalue weighted by molar-refractivity contribution is -0.134. The normalized spacial score (nSPS) is 23.6. The lowest BCUT2D eigenvalue weighted by atomic mass is 10.1. The first-order chi connectivity index (χ1) is 15.2. The first-order valence-corrected chi connectivity index (χ1v) is 14.8. The van der Waals surface area contributed by atoms with Crippen molar-refractivity contribution in [2.75, 3.05) is 50.8 Å². The van der Waals surface area contributed by atoms with Crippen molar-refractivity contribution in [1.29, 1.82) is 0 Å². The SMILES string of the molecule is CCCN(CC(=O)N1CCN(S(=O)(=O)c2ccc3c(c2)CCC3)CC1)C1CCS(=O)(=O)C1. The second kappa shape index (κ2) is 9.40. The Kier molecular flexibility index (Phi) is 6.95. The molecule has 1 unspecified atom stereocenters. The van der Waals surface area contributed by atoms with Crippen LogP contribution in [0.4, 0.5) is 0 Å². The fourth-order valence-corrected chi connectivity index (χ4v) is 8.29. The van der Waals surface area contributed by atoms with Gasteiger partial charge in [0.05, 0.1) is 22.9 Å². The number of piperazine rings is 1. The molecule has 1 amide bonds. The summed E-state index contributed by atoms with van der Waals surface area (Å²) in [6.07, 6.45) is 4.43. The van der Waals surface area contributed by atoms with Crippen LogP contribution in [-0.2, 0) is 37.5 Å². The molecule has 0 saturated carbocycles. The summed E-state index contributed by atoms with van der Waals surface area (Å²) in [5.74, 6) is 0.246. The minimum Gasteiger partial charge on any atom is -0.339 e. The maximum atomic E-state index is 13.1. The van der Waals surface area contributed by atoms with Crippen molar-refractivity contribution >= 4 is 25.8 Å². The van der Waals surface area contributed by atoms with Gasteiger partial charge in [0.2, 0.25) is 15.9 Å². The fraction of sp³-hybridized carbons (Fsp3) is 0.682. The van der Waals surface area contributed by atoms with Gasteiger partial charge in [0.25, 0.3) is 0 Å². The largest absolute Gasteiger partial charge is 0.339 e. The highest BCUT2D eigenvalue weighted by Crippen LogP contribution is 2.27. The highest BCUT2D eigenvalue weighted by molar-refractivity contribution is 7.91. The molecule has 0 N–H and O–H groups in total. The van der Waals surface area contributed by atoms with Gasteiger partial charge in [-0.3, -0.25) is 9.69 Å². The van der Waals surface area contributed by atoms with Gasteiger partial charge < -0.3 is 4.90 Å². The molecule has 0 aromatic heterocycles. The monoisotopic (exact) mass is 483 g/mol. The summed E-state index contributed by atoms with van der Waals surface area (Å²) in [4.78, 5) is 17.0. The Balaban J connectivity index is 1.36. The molecule has 0 radical (unpaired) electrons. The van der Waals surface area contributed by atoms with Gasteiger partial charge >= 0.3 is 0 Å². The fourth-order valence-electron chi connectivity index (χ4n) is 5.05. The van der Waals surface area contributed by atoms with E-state index >= 15 is 0 Å². The number of rotatable bonds is 7. The standard InChI is InChI=1S/C22H33N3O5S2/c1-2-9-24(20-8-14-31(27,28)17-20)16-22(26)23-10-12-25(13-11-23)32(29,30)21-7-6-18-4-3-5-19(18)15-21/h6-7,15,20H,2-5,8-14,16-17H2,1H3.